The van der Waals surface area contributed by atoms with Gasteiger partial charge in [-0.1, -0.05) is 42.1 Å². The standard InChI is InChI=1S/C9H18BrNO2S/c1-8-4-2-3-5-9(8)6-11-14(12,13)7-10/h8-9,11H,2-7H2,1H3. The summed E-state index contributed by atoms with van der Waals surface area (Å²) < 4.78 is 25.0. The second-order valence-electron chi connectivity index (χ2n) is 4.09. The summed E-state index contributed by atoms with van der Waals surface area (Å²) in [5.74, 6) is 1.18. The number of halogens is 1. The second kappa shape index (κ2) is 5.47. The largest absolute Gasteiger partial charge is 0.221 e. The zero-order valence-electron chi connectivity index (χ0n) is 8.50. The van der Waals surface area contributed by atoms with Crippen molar-refractivity contribution >= 4 is 26.0 Å². The van der Waals surface area contributed by atoms with Crippen molar-refractivity contribution in [3.05, 3.63) is 0 Å². The van der Waals surface area contributed by atoms with Crippen molar-refractivity contribution in [2.24, 2.45) is 11.8 Å². The van der Waals surface area contributed by atoms with Crippen molar-refractivity contribution in [2.45, 2.75) is 32.6 Å². The molecule has 3 nitrogen and oxygen atoms in total. The number of alkyl halides is 1. The summed E-state index contributed by atoms with van der Waals surface area (Å²) in [4.78, 5) is 0. The number of hydrogen-bond acceptors (Lipinski definition) is 2. The van der Waals surface area contributed by atoms with Gasteiger partial charge in [0.15, 0.2) is 0 Å². The van der Waals surface area contributed by atoms with Gasteiger partial charge in [-0.3, -0.25) is 0 Å². The fraction of sp³-hybridized carbons (Fsp3) is 1.00. The van der Waals surface area contributed by atoms with Crippen molar-refractivity contribution in [1.82, 2.24) is 4.72 Å². The van der Waals surface area contributed by atoms with Crippen LogP contribution in [0.25, 0.3) is 0 Å². The fourth-order valence-corrected chi connectivity index (χ4v) is 3.00. The van der Waals surface area contributed by atoms with Gasteiger partial charge in [0.05, 0.1) is 0 Å². The van der Waals surface area contributed by atoms with E-state index >= 15 is 0 Å². The van der Waals surface area contributed by atoms with E-state index in [-0.39, 0.29) is 4.66 Å². The third-order valence-corrected chi connectivity index (χ3v) is 5.70. The minimum Gasteiger partial charge on any atom is -0.214 e. The third-order valence-electron chi connectivity index (χ3n) is 3.00. The van der Waals surface area contributed by atoms with Gasteiger partial charge in [-0.25, -0.2) is 13.1 Å². The maximum atomic E-state index is 11.2. The molecule has 14 heavy (non-hydrogen) atoms. The van der Waals surface area contributed by atoms with Crippen LogP contribution in [-0.2, 0) is 10.0 Å². The van der Waals surface area contributed by atoms with E-state index < -0.39 is 10.0 Å². The van der Waals surface area contributed by atoms with E-state index in [1.54, 1.807) is 0 Å². The van der Waals surface area contributed by atoms with Crippen LogP contribution in [-0.4, -0.2) is 19.6 Å². The summed E-state index contributed by atoms with van der Waals surface area (Å²) >= 11 is 2.96. The average molecular weight is 284 g/mol. The highest BCUT2D eigenvalue weighted by atomic mass is 79.9. The molecule has 0 heterocycles. The van der Waals surface area contributed by atoms with Crippen LogP contribution in [0.3, 0.4) is 0 Å². The monoisotopic (exact) mass is 283 g/mol. The molecule has 0 aromatic rings. The molecular formula is C9H18BrNO2S. The zero-order chi connectivity index (χ0) is 10.6. The molecule has 0 radical (unpaired) electrons. The highest BCUT2D eigenvalue weighted by molar-refractivity contribution is 9.10. The van der Waals surface area contributed by atoms with E-state index in [4.69, 9.17) is 0 Å². The van der Waals surface area contributed by atoms with Crippen molar-refractivity contribution < 1.29 is 8.42 Å². The Bertz CT molecular complexity index is 266. The topological polar surface area (TPSA) is 46.2 Å². The summed E-state index contributed by atoms with van der Waals surface area (Å²) in [6.07, 6.45) is 4.93. The molecule has 0 aromatic heterocycles. The van der Waals surface area contributed by atoms with Crippen molar-refractivity contribution in [1.29, 1.82) is 0 Å². The van der Waals surface area contributed by atoms with E-state index in [1.165, 1.54) is 19.3 Å². The van der Waals surface area contributed by atoms with Gasteiger partial charge in [0.2, 0.25) is 10.0 Å². The molecule has 1 aliphatic rings. The summed E-state index contributed by atoms with van der Waals surface area (Å²) in [7, 11) is -3.08. The number of rotatable bonds is 4. The van der Waals surface area contributed by atoms with Gasteiger partial charge in [0.25, 0.3) is 0 Å². The first-order valence-corrected chi connectivity index (χ1v) is 7.86. The average Bonchev–Trinajstić information content (AvgIpc) is 2.17. The summed E-state index contributed by atoms with van der Waals surface area (Å²) in [5.41, 5.74) is 0. The predicted octanol–water partition coefficient (Wildman–Crippen LogP) is 2.08. The lowest BCUT2D eigenvalue weighted by Gasteiger charge is -2.28. The van der Waals surface area contributed by atoms with Crippen LogP contribution in [0.4, 0.5) is 0 Å². The molecule has 0 amide bonds. The van der Waals surface area contributed by atoms with E-state index in [0.29, 0.717) is 18.4 Å². The molecule has 0 spiro atoms. The SMILES string of the molecule is CC1CCCCC1CNS(=O)(=O)CBr. The highest BCUT2D eigenvalue weighted by Crippen LogP contribution is 2.28. The zero-order valence-corrected chi connectivity index (χ0v) is 10.9. The van der Waals surface area contributed by atoms with Gasteiger partial charge in [0, 0.05) is 6.54 Å². The highest BCUT2D eigenvalue weighted by Gasteiger charge is 2.22. The number of hydrogen-bond donors (Lipinski definition) is 1. The van der Waals surface area contributed by atoms with Crippen molar-refractivity contribution in [2.75, 3.05) is 11.2 Å². The van der Waals surface area contributed by atoms with Crippen LogP contribution < -0.4 is 4.72 Å². The molecule has 2 unspecified atom stereocenters. The van der Waals surface area contributed by atoms with E-state index in [2.05, 4.69) is 27.6 Å². The van der Waals surface area contributed by atoms with Crippen LogP contribution in [0.1, 0.15) is 32.6 Å². The van der Waals surface area contributed by atoms with Gasteiger partial charge in [-0.05, 0) is 18.3 Å². The Morgan fingerprint density at radius 1 is 1.36 bits per heavy atom. The first-order valence-electron chi connectivity index (χ1n) is 5.08. The molecule has 1 fully saturated rings. The van der Waals surface area contributed by atoms with Gasteiger partial charge in [-0.2, -0.15) is 0 Å². The number of nitrogens with one attached hydrogen (secondary N) is 1. The van der Waals surface area contributed by atoms with Gasteiger partial charge >= 0.3 is 0 Å². The smallest absolute Gasteiger partial charge is 0.214 e. The lowest BCUT2D eigenvalue weighted by Crippen LogP contribution is -2.33. The summed E-state index contributed by atoms with van der Waals surface area (Å²) in [6.45, 7) is 2.82. The molecule has 0 aliphatic heterocycles. The molecule has 1 saturated carbocycles. The Morgan fingerprint density at radius 2 is 2.00 bits per heavy atom. The van der Waals surface area contributed by atoms with E-state index in [9.17, 15) is 8.42 Å². The van der Waals surface area contributed by atoms with Crippen LogP contribution in [0.2, 0.25) is 0 Å². The lowest BCUT2D eigenvalue weighted by molar-refractivity contribution is 0.257. The predicted molar refractivity (Wildman–Crippen MR) is 61.8 cm³/mol. The molecule has 1 rings (SSSR count). The molecular weight excluding hydrogens is 266 g/mol. The maximum absolute atomic E-state index is 11.2. The number of sulfonamides is 1. The van der Waals surface area contributed by atoms with Gasteiger partial charge < -0.3 is 0 Å². The van der Waals surface area contributed by atoms with Crippen molar-refractivity contribution in [3.8, 4) is 0 Å². The lowest BCUT2D eigenvalue weighted by atomic mass is 9.81. The van der Waals surface area contributed by atoms with Crippen molar-refractivity contribution in [3.63, 3.8) is 0 Å². The molecule has 0 saturated heterocycles. The fourth-order valence-electron chi connectivity index (χ4n) is 1.97. The Morgan fingerprint density at radius 3 is 2.57 bits per heavy atom. The minimum absolute atomic E-state index is 0.00109. The quantitative estimate of drug-likeness (QED) is 0.803. The Kier molecular flexibility index (Phi) is 4.87. The summed E-state index contributed by atoms with van der Waals surface area (Å²) in [6, 6.07) is 0. The molecule has 84 valence electrons. The molecule has 0 aromatic carbocycles. The minimum atomic E-state index is -3.08. The Labute approximate surface area is 94.8 Å². The first-order chi connectivity index (χ1) is 6.55. The van der Waals surface area contributed by atoms with Gasteiger partial charge in [-0.15, -0.1) is 0 Å². The van der Waals surface area contributed by atoms with E-state index in [1.807, 2.05) is 0 Å². The maximum Gasteiger partial charge on any atom is 0.221 e. The molecule has 2 atom stereocenters. The first kappa shape index (κ1) is 12.5. The summed E-state index contributed by atoms with van der Waals surface area (Å²) in [5, 5.41) is 0. The van der Waals surface area contributed by atoms with E-state index in [0.717, 1.165) is 6.42 Å². The molecule has 1 aliphatic carbocycles. The van der Waals surface area contributed by atoms with Crippen LogP contribution in [0.15, 0.2) is 0 Å². The second-order valence-corrected chi connectivity index (χ2v) is 7.20. The van der Waals surface area contributed by atoms with Gasteiger partial charge in [0.1, 0.15) is 4.66 Å². The molecule has 5 heteroatoms. The van der Waals surface area contributed by atoms with Crippen LogP contribution in [0, 0.1) is 11.8 Å². The molecule has 0 bridgehead atoms. The van der Waals surface area contributed by atoms with Crippen LogP contribution in [0.5, 0.6) is 0 Å². The third kappa shape index (κ3) is 3.87. The molecule has 1 N–H and O–H groups in total. The Hall–Kier alpha value is 0.390. The van der Waals surface area contributed by atoms with Crippen LogP contribution >= 0.6 is 15.9 Å². The normalized spacial score (nSPS) is 29.0. The Balaban J connectivity index is 2.36.